The van der Waals surface area contributed by atoms with Crippen LogP contribution in [0.3, 0.4) is 0 Å². The van der Waals surface area contributed by atoms with Crippen molar-refractivity contribution in [1.29, 1.82) is 0 Å². The first-order chi connectivity index (χ1) is 8.02. The van der Waals surface area contributed by atoms with Gasteiger partial charge >= 0.3 is 0 Å². The van der Waals surface area contributed by atoms with Crippen LogP contribution in [0.25, 0.3) is 0 Å². The molecule has 3 N–H and O–H groups in total. The molecule has 0 saturated heterocycles. The second-order valence-electron chi connectivity index (χ2n) is 3.56. The summed E-state index contributed by atoms with van der Waals surface area (Å²) in [5, 5.41) is 2.46. The minimum atomic E-state index is -0.793. The Bertz CT molecular complexity index is 384. The molecule has 0 aliphatic heterocycles. The van der Waals surface area contributed by atoms with E-state index in [1.165, 1.54) is 7.11 Å². The van der Waals surface area contributed by atoms with E-state index in [-0.39, 0.29) is 25.6 Å². The molecule has 1 aromatic rings. The highest BCUT2D eigenvalue weighted by Crippen LogP contribution is 2.07. The van der Waals surface area contributed by atoms with Crippen molar-refractivity contribution in [1.82, 2.24) is 5.32 Å². The normalized spacial score (nSPS) is 11.6. The molecule has 1 rings (SSSR count). The van der Waals surface area contributed by atoms with Crippen molar-refractivity contribution in [2.45, 2.75) is 12.6 Å². The maximum Gasteiger partial charge on any atom is 0.239 e. The summed E-state index contributed by atoms with van der Waals surface area (Å²) in [6.07, 6.45) is 0. The van der Waals surface area contributed by atoms with E-state index in [2.05, 4.69) is 5.32 Å². The van der Waals surface area contributed by atoms with Gasteiger partial charge in [0.15, 0.2) is 0 Å². The molecule has 1 aromatic carbocycles. The van der Waals surface area contributed by atoms with Gasteiger partial charge in [-0.05, 0) is 17.7 Å². The lowest BCUT2D eigenvalue weighted by atomic mass is 10.2. The van der Waals surface area contributed by atoms with Crippen molar-refractivity contribution < 1.29 is 18.3 Å². The minimum absolute atomic E-state index is 0. The van der Waals surface area contributed by atoms with Crippen LogP contribution >= 0.6 is 12.4 Å². The Morgan fingerprint density at radius 1 is 1.39 bits per heavy atom. The van der Waals surface area contributed by atoms with E-state index in [1.807, 2.05) is 0 Å². The molecule has 4 nitrogen and oxygen atoms in total. The highest BCUT2D eigenvalue weighted by molar-refractivity contribution is 5.85. The molecule has 0 bridgehead atoms. The van der Waals surface area contributed by atoms with Gasteiger partial charge in [-0.25, -0.2) is 8.78 Å². The van der Waals surface area contributed by atoms with E-state index in [1.54, 1.807) is 0 Å². The molecule has 0 aliphatic carbocycles. The van der Waals surface area contributed by atoms with Crippen LogP contribution in [0.15, 0.2) is 18.2 Å². The molecule has 1 unspecified atom stereocenters. The zero-order chi connectivity index (χ0) is 12.8. The van der Waals surface area contributed by atoms with Crippen molar-refractivity contribution in [3.63, 3.8) is 0 Å². The molecule has 0 radical (unpaired) electrons. The molecular formula is C11H15ClF2N2O2. The first kappa shape index (κ1) is 16.8. The van der Waals surface area contributed by atoms with Crippen LogP contribution in [0.5, 0.6) is 0 Å². The Morgan fingerprint density at radius 2 is 1.94 bits per heavy atom. The van der Waals surface area contributed by atoms with Gasteiger partial charge in [0, 0.05) is 19.7 Å². The number of carbonyl (C=O) groups is 1. The molecule has 102 valence electrons. The third-order valence-electron chi connectivity index (χ3n) is 2.07. The first-order valence-electron chi connectivity index (χ1n) is 5.00. The number of hydrogen-bond acceptors (Lipinski definition) is 3. The van der Waals surface area contributed by atoms with Gasteiger partial charge in [0.05, 0.1) is 6.61 Å². The number of carbonyl (C=O) groups excluding carboxylic acids is 1. The van der Waals surface area contributed by atoms with Gasteiger partial charge in [-0.15, -0.1) is 12.4 Å². The predicted octanol–water partition coefficient (Wildman–Crippen LogP) is 0.977. The van der Waals surface area contributed by atoms with E-state index in [9.17, 15) is 13.6 Å². The lowest BCUT2D eigenvalue weighted by molar-refractivity contribution is -0.123. The quantitative estimate of drug-likeness (QED) is 0.845. The Labute approximate surface area is 110 Å². The fourth-order valence-electron chi connectivity index (χ4n) is 1.29. The molecule has 0 saturated carbocycles. The van der Waals surface area contributed by atoms with Crippen LogP contribution in [0, 0.1) is 11.6 Å². The molecule has 0 heterocycles. The van der Waals surface area contributed by atoms with Crippen LogP contribution in [0.4, 0.5) is 8.78 Å². The zero-order valence-electron chi connectivity index (χ0n) is 9.78. The Hall–Kier alpha value is -1.24. The number of nitrogens with two attached hydrogens (primary N) is 1. The molecule has 0 fully saturated rings. The predicted molar refractivity (Wildman–Crippen MR) is 65.3 cm³/mol. The molecule has 1 amide bonds. The van der Waals surface area contributed by atoms with Crippen molar-refractivity contribution in [2.75, 3.05) is 13.7 Å². The summed E-state index contributed by atoms with van der Waals surface area (Å²) < 4.78 is 30.4. The Morgan fingerprint density at radius 3 is 2.44 bits per heavy atom. The number of hydrogen-bond donors (Lipinski definition) is 2. The number of benzene rings is 1. The smallest absolute Gasteiger partial charge is 0.239 e. The van der Waals surface area contributed by atoms with E-state index in [4.69, 9.17) is 10.5 Å². The highest BCUT2D eigenvalue weighted by atomic mass is 35.5. The van der Waals surface area contributed by atoms with E-state index < -0.39 is 23.6 Å². The number of ether oxygens (including phenoxy) is 1. The fourth-order valence-corrected chi connectivity index (χ4v) is 1.29. The summed E-state index contributed by atoms with van der Waals surface area (Å²) in [5.41, 5.74) is 5.80. The largest absolute Gasteiger partial charge is 0.383 e. The van der Waals surface area contributed by atoms with Crippen molar-refractivity contribution in [3.05, 3.63) is 35.4 Å². The van der Waals surface area contributed by atoms with Crippen LogP contribution in [0.2, 0.25) is 0 Å². The van der Waals surface area contributed by atoms with Crippen LogP contribution in [-0.2, 0) is 16.1 Å². The maximum absolute atomic E-state index is 12.8. The topological polar surface area (TPSA) is 64.3 Å². The summed E-state index contributed by atoms with van der Waals surface area (Å²) >= 11 is 0. The average molecular weight is 281 g/mol. The molecule has 0 spiro atoms. The van der Waals surface area contributed by atoms with Gasteiger partial charge < -0.3 is 15.8 Å². The second-order valence-corrected chi connectivity index (χ2v) is 3.56. The number of methoxy groups -OCH3 is 1. The van der Waals surface area contributed by atoms with Crippen LogP contribution < -0.4 is 11.1 Å². The Kier molecular flexibility index (Phi) is 7.42. The zero-order valence-corrected chi connectivity index (χ0v) is 10.6. The molecular weight excluding hydrogens is 266 g/mol. The summed E-state index contributed by atoms with van der Waals surface area (Å²) in [6, 6.07) is 2.26. The summed E-state index contributed by atoms with van der Waals surface area (Å²) in [5.74, 6) is -1.80. The van der Waals surface area contributed by atoms with Crippen LogP contribution in [0.1, 0.15) is 5.56 Å². The van der Waals surface area contributed by atoms with Gasteiger partial charge in [-0.3, -0.25) is 4.79 Å². The number of amides is 1. The number of nitrogens with one attached hydrogen (secondary N) is 1. The summed E-state index contributed by atoms with van der Waals surface area (Å²) in [6.45, 7) is 0.105. The van der Waals surface area contributed by atoms with Gasteiger partial charge in [0.25, 0.3) is 0 Å². The van der Waals surface area contributed by atoms with E-state index in [0.29, 0.717) is 5.56 Å². The standard InChI is InChI=1S/C11H14F2N2O2.ClH/c1-17-6-10(14)11(16)15-5-7-2-8(12)4-9(13)3-7;/h2-4,10H,5-6,14H2,1H3,(H,15,16);1H. The summed E-state index contributed by atoms with van der Waals surface area (Å²) in [4.78, 5) is 11.4. The third-order valence-corrected chi connectivity index (χ3v) is 2.07. The maximum atomic E-state index is 12.8. The molecule has 0 aromatic heterocycles. The SMILES string of the molecule is COCC(N)C(=O)NCc1cc(F)cc(F)c1.Cl. The molecule has 18 heavy (non-hydrogen) atoms. The van der Waals surface area contributed by atoms with Crippen molar-refractivity contribution >= 4 is 18.3 Å². The molecule has 0 aliphatic rings. The van der Waals surface area contributed by atoms with Gasteiger partial charge in [-0.1, -0.05) is 0 Å². The average Bonchev–Trinajstić information content (AvgIpc) is 2.25. The number of rotatable bonds is 5. The summed E-state index contributed by atoms with van der Waals surface area (Å²) in [7, 11) is 1.43. The monoisotopic (exact) mass is 280 g/mol. The fraction of sp³-hybridized carbons (Fsp3) is 0.364. The lowest BCUT2D eigenvalue weighted by Gasteiger charge is -2.11. The van der Waals surface area contributed by atoms with Gasteiger partial charge in [0.1, 0.15) is 17.7 Å². The molecule has 7 heteroatoms. The van der Waals surface area contributed by atoms with E-state index >= 15 is 0 Å². The number of halogens is 3. The second kappa shape index (κ2) is 7.97. The minimum Gasteiger partial charge on any atom is -0.383 e. The van der Waals surface area contributed by atoms with Gasteiger partial charge in [-0.2, -0.15) is 0 Å². The lowest BCUT2D eigenvalue weighted by Crippen LogP contribution is -2.43. The van der Waals surface area contributed by atoms with Crippen molar-refractivity contribution in [2.24, 2.45) is 5.73 Å². The van der Waals surface area contributed by atoms with Crippen LogP contribution in [-0.4, -0.2) is 25.7 Å². The van der Waals surface area contributed by atoms with Crippen molar-refractivity contribution in [3.8, 4) is 0 Å². The van der Waals surface area contributed by atoms with Gasteiger partial charge in [0.2, 0.25) is 5.91 Å². The highest BCUT2D eigenvalue weighted by Gasteiger charge is 2.12. The Balaban J connectivity index is 0.00000289. The van der Waals surface area contributed by atoms with E-state index in [0.717, 1.165) is 18.2 Å². The molecule has 1 atom stereocenters. The third kappa shape index (κ3) is 5.39. The first-order valence-corrected chi connectivity index (χ1v) is 5.00.